The molecule has 3 aromatic heterocycles. The summed E-state index contributed by atoms with van der Waals surface area (Å²) in [5.41, 5.74) is 8.11. The van der Waals surface area contributed by atoms with E-state index < -0.39 is 0 Å². The van der Waals surface area contributed by atoms with Gasteiger partial charge in [-0.05, 0) is 48.7 Å². The molecular weight excluding hydrogens is 408 g/mol. The van der Waals surface area contributed by atoms with Gasteiger partial charge in [-0.15, -0.1) is 11.3 Å². The van der Waals surface area contributed by atoms with Crippen molar-refractivity contribution in [3.05, 3.63) is 53.8 Å². The van der Waals surface area contributed by atoms with E-state index >= 15 is 0 Å². The number of hydrogen-bond acceptors (Lipinski definition) is 5. The van der Waals surface area contributed by atoms with Gasteiger partial charge in [0.05, 0.1) is 21.4 Å². The smallest absolute Gasteiger partial charge is 0.320 e. The standard InChI is InChI=1S/C23H22N6OS/c30-23(28-8-1-9-28)29-10-5-15(6-11-29)20-13-17-18(4-7-24-22(17)27-20)26-16-2-3-19-21(12-16)31-14-25-19/h2-5,7,12-14H,1,6,8-11H2,(H2,24,26,27). The number of carbonyl (C=O) groups excluding carboxylic acids is 1. The summed E-state index contributed by atoms with van der Waals surface area (Å²) in [6.45, 7) is 3.20. The van der Waals surface area contributed by atoms with E-state index in [0.29, 0.717) is 6.54 Å². The van der Waals surface area contributed by atoms with Gasteiger partial charge < -0.3 is 20.1 Å². The Bertz CT molecular complexity index is 1320. The summed E-state index contributed by atoms with van der Waals surface area (Å²) < 4.78 is 1.16. The first-order valence-corrected chi connectivity index (χ1v) is 11.4. The Kier molecular flexibility index (Phi) is 4.38. The number of amides is 2. The molecule has 31 heavy (non-hydrogen) atoms. The van der Waals surface area contributed by atoms with Gasteiger partial charge in [0, 0.05) is 49.1 Å². The van der Waals surface area contributed by atoms with Crippen LogP contribution in [0.15, 0.2) is 48.1 Å². The van der Waals surface area contributed by atoms with Crippen LogP contribution in [0.25, 0.3) is 26.8 Å². The topological polar surface area (TPSA) is 77.1 Å². The summed E-state index contributed by atoms with van der Waals surface area (Å²) >= 11 is 1.64. The van der Waals surface area contributed by atoms with Gasteiger partial charge in [-0.25, -0.2) is 14.8 Å². The van der Waals surface area contributed by atoms with Gasteiger partial charge in [0.15, 0.2) is 0 Å². The molecule has 8 heteroatoms. The number of likely N-dealkylation sites (tertiary alicyclic amines) is 1. The van der Waals surface area contributed by atoms with Gasteiger partial charge in [-0.1, -0.05) is 6.08 Å². The van der Waals surface area contributed by atoms with Crippen molar-refractivity contribution >= 4 is 55.6 Å². The number of pyridine rings is 1. The third-order valence-corrected chi connectivity index (χ3v) is 6.89. The zero-order valence-electron chi connectivity index (χ0n) is 17.0. The Labute approximate surface area is 183 Å². The number of hydrogen-bond donors (Lipinski definition) is 2. The van der Waals surface area contributed by atoms with Crippen molar-refractivity contribution in [1.82, 2.24) is 24.8 Å². The van der Waals surface area contributed by atoms with Crippen LogP contribution >= 0.6 is 11.3 Å². The predicted molar refractivity (Wildman–Crippen MR) is 125 cm³/mol. The van der Waals surface area contributed by atoms with Crippen LogP contribution < -0.4 is 5.32 Å². The Balaban J connectivity index is 1.25. The summed E-state index contributed by atoms with van der Waals surface area (Å²) in [6.07, 6.45) is 5.95. The fourth-order valence-electron chi connectivity index (χ4n) is 4.19. The quantitative estimate of drug-likeness (QED) is 0.488. The maximum Gasteiger partial charge on any atom is 0.320 e. The highest BCUT2D eigenvalue weighted by molar-refractivity contribution is 7.16. The van der Waals surface area contributed by atoms with Crippen molar-refractivity contribution in [3.8, 4) is 0 Å². The zero-order valence-corrected chi connectivity index (χ0v) is 17.8. The Morgan fingerprint density at radius 1 is 1.10 bits per heavy atom. The fourth-order valence-corrected chi connectivity index (χ4v) is 4.91. The van der Waals surface area contributed by atoms with Crippen molar-refractivity contribution in [2.24, 2.45) is 0 Å². The molecule has 2 aliphatic heterocycles. The number of rotatable bonds is 3. The predicted octanol–water partition coefficient (Wildman–Crippen LogP) is 4.83. The third-order valence-electron chi connectivity index (χ3n) is 6.09. The van der Waals surface area contributed by atoms with Crippen molar-refractivity contribution in [1.29, 1.82) is 0 Å². The van der Waals surface area contributed by atoms with Gasteiger partial charge in [0.2, 0.25) is 0 Å². The number of nitrogens with zero attached hydrogens (tertiary/aromatic N) is 4. The minimum atomic E-state index is 0.171. The number of thiazole rings is 1. The van der Waals surface area contributed by atoms with Crippen molar-refractivity contribution in [2.75, 3.05) is 31.5 Å². The molecule has 0 bridgehead atoms. The molecule has 0 radical (unpaired) electrons. The molecule has 0 atom stereocenters. The normalized spacial score (nSPS) is 16.5. The highest BCUT2D eigenvalue weighted by Gasteiger charge is 2.27. The molecule has 2 aliphatic rings. The molecule has 6 rings (SSSR count). The monoisotopic (exact) mass is 430 g/mol. The van der Waals surface area contributed by atoms with Crippen LogP contribution in [0.2, 0.25) is 0 Å². The Morgan fingerprint density at radius 3 is 2.84 bits per heavy atom. The SMILES string of the molecule is O=C(N1CC=C(c2cc3c(Nc4ccc5ncsc5c4)ccnc3[nH]2)CC1)N1CCC1. The highest BCUT2D eigenvalue weighted by Crippen LogP contribution is 2.31. The molecule has 2 N–H and O–H groups in total. The molecule has 1 saturated heterocycles. The lowest BCUT2D eigenvalue weighted by molar-refractivity contribution is 0.130. The van der Waals surface area contributed by atoms with E-state index in [4.69, 9.17) is 0 Å². The number of aromatic nitrogens is 3. The zero-order chi connectivity index (χ0) is 20.8. The van der Waals surface area contributed by atoms with E-state index in [-0.39, 0.29) is 6.03 Å². The number of urea groups is 1. The molecule has 156 valence electrons. The minimum Gasteiger partial charge on any atom is -0.355 e. The molecule has 1 fully saturated rings. The maximum absolute atomic E-state index is 12.4. The third kappa shape index (κ3) is 3.33. The number of fused-ring (bicyclic) bond motifs is 2. The summed E-state index contributed by atoms with van der Waals surface area (Å²) in [5.74, 6) is 0. The summed E-state index contributed by atoms with van der Waals surface area (Å²) in [6, 6.07) is 10.5. The number of H-pyrrole nitrogens is 1. The number of benzene rings is 1. The molecule has 7 nitrogen and oxygen atoms in total. The number of aromatic amines is 1. The second-order valence-corrected chi connectivity index (χ2v) is 8.90. The lowest BCUT2D eigenvalue weighted by atomic mass is 10.0. The number of anilines is 2. The summed E-state index contributed by atoms with van der Waals surface area (Å²) in [7, 11) is 0. The van der Waals surface area contributed by atoms with Gasteiger partial charge in [0.1, 0.15) is 5.65 Å². The van der Waals surface area contributed by atoms with Crippen LogP contribution in [0, 0.1) is 0 Å². The molecule has 0 aliphatic carbocycles. The van der Waals surface area contributed by atoms with Crippen LogP contribution in [-0.4, -0.2) is 57.0 Å². The fraction of sp³-hybridized carbons (Fsp3) is 0.261. The number of carbonyl (C=O) groups is 1. The Hall–Kier alpha value is -3.39. The highest BCUT2D eigenvalue weighted by atomic mass is 32.1. The number of nitrogens with one attached hydrogen (secondary N) is 2. The molecule has 0 spiro atoms. The van der Waals surface area contributed by atoms with Gasteiger partial charge in [0.25, 0.3) is 0 Å². The van der Waals surface area contributed by atoms with Crippen LogP contribution in [0.4, 0.5) is 16.2 Å². The van der Waals surface area contributed by atoms with Crippen LogP contribution in [0.1, 0.15) is 18.5 Å². The van der Waals surface area contributed by atoms with Crippen LogP contribution in [-0.2, 0) is 0 Å². The van der Waals surface area contributed by atoms with Gasteiger partial charge in [-0.2, -0.15) is 0 Å². The molecule has 0 saturated carbocycles. The second-order valence-electron chi connectivity index (χ2n) is 8.01. The second kappa shape index (κ2) is 7.39. The van der Waals surface area contributed by atoms with Gasteiger partial charge >= 0.3 is 6.03 Å². The first-order valence-electron chi connectivity index (χ1n) is 10.6. The first-order chi connectivity index (χ1) is 15.2. The van der Waals surface area contributed by atoms with Crippen LogP contribution in [0.3, 0.4) is 0 Å². The van der Waals surface area contributed by atoms with Crippen molar-refractivity contribution in [3.63, 3.8) is 0 Å². The average Bonchev–Trinajstić information content (AvgIpc) is 3.40. The van der Waals surface area contributed by atoms with Gasteiger partial charge in [-0.3, -0.25) is 0 Å². The van der Waals surface area contributed by atoms with Crippen molar-refractivity contribution < 1.29 is 4.79 Å². The van der Waals surface area contributed by atoms with Crippen LogP contribution in [0.5, 0.6) is 0 Å². The van der Waals surface area contributed by atoms with E-state index in [1.807, 2.05) is 33.6 Å². The molecule has 2 amide bonds. The lowest BCUT2D eigenvalue weighted by Gasteiger charge is -2.37. The van der Waals surface area contributed by atoms with E-state index in [0.717, 1.165) is 70.8 Å². The maximum atomic E-state index is 12.4. The first kappa shape index (κ1) is 18.4. The van der Waals surface area contributed by atoms with E-state index in [2.05, 4.69) is 44.5 Å². The summed E-state index contributed by atoms with van der Waals surface area (Å²) in [5, 5.41) is 4.59. The summed E-state index contributed by atoms with van der Waals surface area (Å²) in [4.78, 5) is 28.6. The van der Waals surface area contributed by atoms with Crippen molar-refractivity contribution in [2.45, 2.75) is 12.8 Å². The van der Waals surface area contributed by atoms with E-state index in [9.17, 15) is 4.79 Å². The van der Waals surface area contributed by atoms with E-state index in [1.54, 1.807) is 11.3 Å². The van der Waals surface area contributed by atoms with E-state index in [1.165, 1.54) is 5.57 Å². The molecule has 0 unspecified atom stereocenters. The largest absolute Gasteiger partial charge is 0.355 e. The molecule has 1 aromatic carbocycles. The minimum absolute atomic E-state index is 0.171. The molecule has 5 heterocycles. The molecular formula is C23H22N6OS. The average molecular weight is 431 g/mol. The Morgan fingerprint density at radius 2 is 2.03 bits per heavy atom. The lowest BCUT2D eigenvalue weighted by Crippen LogP contribution is -2.50. The molecule has 4 aromatic rings.